The lowest BCUT2D eigenvalue weighted by Crippen LogP contribution is -2.41. The van der Waals surface area contributed by atoms with E-state index < -0.39 is 0 Å². The molecular formula is C15H18N2O2. The summed E-state index contributed by atoms with van der Waals surface area (Å²) in [6.07, 6.45) is 5.95. The molecule has 0 aromatic rings. The summed E-state index contributed by atoms with van der Waals surface area (Å²) in [5.74, 6) is 0. The lowest BCUT2D eigenvalue weighted by Gasteiger charge is -2.27. The molecule has 4 heteroatoms. The predicted molar refractivity (Wildman–Crippen MR) is 74.1 cm³/mol. The van der Waals surface area contributed by atoms with Crippen LogP contribution < -0.4 is 0 Å². The average molecular weight is 258 g/mol. The van der Waals surface area contributed by atoms with E-state index in [0.29, 0.717) is 13.2 Å². The highest BCUT2D eigenvalue weighted by molar-refractivity contribution is 6.08. The van der Waals surface area contributed by atoms with Crippen LogP contribution in [0.15, 0.2) is 39.6 Å². The fraction of sp³-hybridized carbons (Fsp3) is 0.467. The Morgan fingerprint density at radius 2 is 2.32 bits per heavy atom. The molecule has 0 spiro atoms. The Morgan fingerprint density at radius 1 is 1.47 bits per heavy atom. The molecule has 0 N–H and O–H groups in total. The van der Waals surface area contributed by atoms with E-state index in [0.717, 1.165) is 30.8 Å². The van der Waals surface area contributed by atoms with Crippen LogP contribution in [0.4, 0.5) is 4.79 Å². The smallest absolute Gasteiger partial charge is 0.410 e. The van der Waals surface area contributed by atoms with Crippen molar-refractivity contribution in [2.75, 3.05) is 19.7 Å². The molecule has 1 aliphatic carbocycles. The summed E-state index contributed by atoms with van der Waals surface area (Å²) >= 11 is 0. The van der Waals surface area contributed by atoms with E-state index in [1.807, 2.05) is 6.92 Å². The van der Waals surface area contributed by atoms with Gasteiger partial charge in [-0.15, -0.1) is 0 Å². The Morgan fingerprint density at radius 3 is 3.11 bits per heavy atom. The Bertz CT molecular complexity index is 552. The number of carbonyl (C=O) groups is 1. The van der Waals surface area contributed by atoms with Crippen molar-refractivity contribution in [1.82, 2.24) is 4.90 Å². The minimum Gasteiger partial charge on any atom is -0.450 e. The first-order valence-electron chi connectivity index (χ1n) is 6.80. The lowest BCUT2D eigenvalue weighted by molar-refractivity contribution is 0.112. The molecule has 3 aliphatic rings. The van der Waals surface area contributed by atoms with Gasteiger partial charge >= 0.3 is 6.09 Å². The van der Waals surface area contributed by atoms with Crippen LogP contribution >= 0.6 is 0 Å². The van der Waals surface area contributed by atoms with Crippen molar-refractivity contribution in [3.05, 3.63) is 34.6 Å². The fourth-order valence-corrected chi connectivity index (χ4v) is 2.87. The van der Waals surface area contributed by atoms with Crippen molar-refractivity contribution in [3.8, 4) is 0 Å². The highest BCUT2D eigenvalue weighted by Crippen LogP contribution is 2.37. The van der Waals surface area contributed by atoms with Crippen molar-refractivity contribution in [3.63, 3.8) is 0 Å². The Hall–Kier alpha value is -1.84. The van der Waals surface area contributed by atoms with Gasteiger partial charge in [0.2, 0.25) is 0 Å². The zero-order valence-electron chi connectivity index (χ0n) is 11.4. The van der Waals surface area contributed by atoms with E-state index in [4.69, 9.17) is 9.73 Å². The number of aliphatic imine (C=N–C) groups is 1. The Kier molecular flexibility index (Phi) is 3.01. The number of nitrogens with zero attached hydrogens (tertiary/aromatic N) is 2. The van der Waals surface area contributed by atoms with Gasteiger partial charge in [-0.3, -0.25) is 4.99 Å². The maximum absolute atomic E-state index is 11.8. The first-order chi connectivity index (χ1) is 9.20. The zero-order valence-corrected chi connectivity index (χ0v) is 11.4. The van der Waals surface area contributed by atoms with Crippen molar-refractivity contribution in [2.24, 2.45) is 4.99 Å². The number of hydrogen-bond acceptors (Lipinski definition) is 3. The monoisotopic (exact) mass is 258 g/mol. The highest BCUT2D eigenvalue weighted by Gasteiger charge is 2.32. The molecule has 3 rings (SSSR count). The second-order valence-electron chi connectivity index (χ2n) is 5.02. The molecule has 1 fully saturated rings. The molecule has 2 heterocycles. The van der Waals surface area contributed by atoms with E-state index in [1.165, 1.54) is 16.7 Å². The largest absolute Gasteiger partial charge is 0.450 e. The van der Waals surface area contributed by atoms with Gasteiger partial charge in [0.1, 0.15) is 0 Å². The van der Waals surface area contributed by atoms with E-state index in [9.17, 15) is 4.79 Å². The number of fused-ring (bicyclic) bond motifs is 2. The summed E-state index contributed by atoms with van der Waals surface area (Å²) < 4.78 is 5.06. The molecule has 0 saturated carbocycles. The number of allylic oxidation sites excluding steroid dienone is 4. The van der Waals surface area contributed by atoms with E-state index >= 15 is 0 Å². The summed E-state index contributed by atoms with van der Waals surface area (Å²) in [6, 6.07) is 0. The standard InChI is InChI=1S/C15H18N2O2/c1-3-19-15(18)17-8-7-11-12-6-4-5-10(2)14(12)16-13(11)9-17/h4-5H,3,6-9H2,1-2H3. The average Bonchev–Trinajstić information content (AvgIpc) is 2.78. The summed E-state index contributed by atoms with van der Waals surface area (Å²) in [4.78, 5) is 18.2. The summed E-state index contributed by atoms with van der Waals surface area (Å²) in [6.45, 7) is 5.65. The van der Waals surface area contributed by atoms with Crippen LogP contribution in [0, 0.1) is 0 Å². The first-order valence-corrected chi connectivity index (χ1v) is 6.80. The van der Waals surface area contributed by atoms with Gasteiger partial charge in [0.15, 0.2) is 0 Å². The molecule has 2 aliphatic heterocycles. The van der Waals surface area contributed by atoms with Crippen LogP contribution in [0.3, 0.4) is 0 Å². The molecule has 0 unspecified atom stereocenters. The molecule has 4 nitrogen and oxygen atoms in total. The summed E-state index contributed by atoms with van der Waals surface area (Å²) in [7, 11) is 0. The highest BCUT2D eigenvalue weighted by atomic mass is 16.6. The van der Waals surface area contributed by atoms with Gasteiger partial charge < -0.3 is 9.64 Å². The molecule has 0 aromatic carbocycles. The van der Waals surface area contributed by atoms with Gasteiger partial charge in [0.05, 0.1) is 24.6 Å². The minimum absolute atomic E-state index is 0.229. The van der Waals surface area contributed by atoms with Gasteiger partial charge in [-0.2, -0.15) is 0 Å². The second kappa shape index (κ2) is 4.68. The molecule has 1 amide bonds. The van der Waals surface area contributed by atoms with Gasteiger partial charge in [0.25, 0.3) is 0 Å². The van der Waals surface area contributed by atoms with Crippen LogP contribution in [0.5, 0.6) is 0 Å². The van der Waals surface area contributed by atoms with E-state index in [2.05, 4.69) is 19.1 Å². The van der Waals surface area contributed by atoms with Crippen LogP contribution in [0.25, 0.3) is 0 Å². The number of carbonyl (C=O) groups excluding carboxylic acids is 1. The number of amides is 1. The van der Waals surface area contributed by atoms with E-state index in [-0.39, 0.29) is 6.09 Å². The second-order valence-corrected chi connectivity index (χ2v) is 5.02. The molecule has 0 aromatic heterocycles. The lowest BCUT2D eigenvalue weighted by atomic mass is 9.92. The summed E-state index contributed by atoms with van der Waals surface area (Å²) in [5, 5.41) is 0. The fourth-order valence-electron chi connectivity index (χ4n) is 2.87. The maximum atomic E-state index is 11.8. The van der Waals surface area contributed by atoms with Crippen LogP contribution in [-0.4, -0.2) is 36.4 Å². The van der Waals surface area contributed by atoms with Crippen molar-refractivity contribution in [2.45, 2.75) is 26.7 Å². The molecule has 1 saturated heterocycles. The Balaban J connectivity index is 1.85. The van der Waals surface area contributed by atoms with Gasteiger partial charge in [0, 0.05) is 6.54 Å². The van der Waals surface area contributed by atoms with Crippen LogP contribution in [0.2, 0.25) is 0 Å². The number of hydrogen-bond donors (Lipinski definition) is 0. The van der Waals surface area contributed by atoms with Crippen molar-refractivity contribution in [1.29, 1.82) is 0 Å². The van der Waals surface area contributed by atoms with Gasteiger partial charge in [-0.1, -0.05) is 12.2 Å². The molecule has 19 heavy (non-hydrogen) atoms. The molecule has 0 bridgehead atoms. The number of ether oxygens (including phenoxy) is 1. The predicted octanol–water partition coefficient (Wildman–Crippen LogP) is 2.83. The first kappa shape index (κ1) is 12.2. The van der Waals surface area contributed by atoms with Crippen molar-refractivity contribution < 1.29 is 9.53 Å². The Labute approximate surface area is 113 Å². The SMILES string of the molecule is CCOC(=O)N1CCC2=C3CC=CC(C)=C3N=C2C1. The number of likely N-dealkylation sites (tertiary alicyclic amines) is 1. The molecule has 0 radical (unpaired) electrons. The topological polar surface area (TPSA) is 41.9 Å². The van der Waals surface area contributed by atoms with E-state index in [1.54, 1.807) is 4.90 Å². The third kappa shape index (κ3) is 2.01. The minimum atomic E-state index is -0.229. The third-order valence-corrected chi connectivity index (χ3v) is 3.81. The van der Waals surface area contributed by atoms with Crippen LogP contribution in [0.1, 0.15) is 26.7 Å². The maximum Gasteiger partial charge on any atom is 0.410 e. The molecular weight excluding hydrogens is 240 g/mol. The third-order valence-electron chi connectivity index (χ3n) is 3.81. The normalized spacial score (nSPS) is 21.4. The van der Waals surface area contributed by atoms with Gasteiger partial charge in [-0.05, 0) is 43.4 Å². The zero-order chi connectivity index (χ0) is 13.4. The number of piperidine rings is 1. The van der Waals surface area contributed by atoms with Crippen molar-refractivity contribution >= 4 is 11.8 Å². The molecule has 100 valence electrons. The van der Waals surface area contributed by atoms with Crippen LogP contribution in [-0.2, 0) is 4.74 Å². The quantitative estimate of drug-likeness (QED) is 0.725. The number of rotatable bonds is 1. The molecule has 0 atom stereocenters. The van der Waals surface area contributed by atoms with Gasteiger partial charge in [-0.25, -0.2) is 4.79 Å². The summed E-state index contributed by atoms with van der Waals surface area (Å²) in [5.41, 5.74) is 6.10.